The predicted octanol–water partition coefficient (Wildman–Crippen LogP) is 0.377. The van der Waals surface area contributed by atoms with Crippen LogP contribution in [-0.2, 0) is 6.54 Å². The molecule has 1 saturated carbocycles. The SMILES string of the molecule is CCn1cc(N)c(C(=O)NC2CC2)n1. The van der Waals surface area contributed by atoms with Crippen molar-refractivity contribution in [3.8, 4) is 0 Å². The highest BCUT2D eigenvalue weighted by atomic mass is 16.2. The van der Waals surface area contributed by atoms with Crippen LogP contribution in [0.25, 0.3) is 0 Å². The summed E-state index contributed by atoms with van der Waals surface area (Å²) in [5.41, 5.74) is 6.46. The zero-order valence-corrected chi connectivity index (χ0v) is 8.16. The molecule has 0 unspecified atom stereocenters. The van der Waals surface area contributed by atoms with Crippen LogP contribution >= 0.6 is 0 Å². The average Bonchev–Trinajstić information content (AvgIpc) is 2.87. The first-order valence-electron chi connectivity index (χ1n) is 4.84. The summed E-state index contributed by atoms with van der Waals surface area (Å²) in [6.45, 7) is 2.68. The Morgan fingerprint density at radius 2 is 2.50 bits per heavy atom. The molecule has 2 rings (SSSR count). The van der Waals surface area contributed by atoms with Crippen LogP contribution in [0.3, 0.4) is 0 Å². The molecule has 0 radical (unpaired) electrons. The van der Waals surface area contributed by atoms with E-state index in [0.717, 1.165) is 19.4 Å². The summed E-state index contributed by atoms with van der Waals surface area (Å²) in [4.78, 5) is 11.6. The van der Waals surface area contributed by atoms with Gasteiger partial charge in [0.25, 0.3) is 5.91 Å². The Morgan fingerprint density at radius 1 is 1.79 bits per heavy atom. The topological polar surface area (TPSA) is 72.9 Å². The van der Waals surface area contributed by atoms with Crippen molar-refractivity contribution in [2.45, 2.75) is 32.4 Å². The molecule has 0 aromatic carbocycles. The second-order valence-corrected chi connectivity index (χ2v) is 3.54. The molecule has 76 valence electrons. The van der Waals surface area contributed by atoms with Crippen LogP contribution in [0.15, 0.2) is 6.20 Å². The number of rotatable bonds is 3. The summed E-state index contributed by atoms with van der Waals surface area (Å²) in [5.74, 6) is -0.155. The van der Waals surface area contributed by atoms with Gasteiger partial charge in [0.1, 0.15) is 0 Å². The number of carbonyl (C=O) groups excluding carboxylic acids is 1. The molecule has 5 nitrogen and oxygen atoms in total. The van der Waals surface area contributed by atoms with Crippen LogP contribution in [-0.4, -0.2) is 21.7 Å². The van der Waals surface area contributed by atoms with Crippen molar-refractivity contribution in [3.05, 3.63) is 11.9 Å². The van der Waals surface area contributed by atoms with Gasteiger partial charge in [-0.15, -0.1) is 0 Å². The minimum Gasteiger partial charge on any atom is -0.396 e. The van der Waals surface area contributed by atoms with Crippen molar-refractivity contribution in [1.29, 1.82) is 0 Å². The number of nitrogens with two attached hydrogens (primary N) is 1. The van der Waals surface area contributed by atoms with Crippen molar-refractivity contribution < 1.29 is 4.79 Å². The Bertz CT molecular complexity index is 354. The summed E-state index contributed by atoms with van der Waals surface area (Å²) in [6.07, 6.45) is 3.82. The molecular formula is C9H14N4O. The van der Waals surface area contributed by atoms with Crippen LogP contribution < -0.4 is 11.1 Å². The lowest BCUT2D eigenvalue weighted by atomic mass is 10.3. The van der Waals surface area contributed by atoms with E-state index in [1.807, 2.05) is 6.92 Å². The number of aromatic nitrogens is 2. The van der Waals surface area contributed by atoms with E-state index in [0.29, 0.717) is 17.4 Å². The molecule has 0 atom stereocenters. The van der Waals surface area contributed by atoms with Crippen molar-refractivity contribution in [1.82, 2.24) is 15.1 Å². The van der Waals surface area contributed by atoms with Gasteiger partial charge in [-0.25, -0.2) is 0 Å². The number of nitrogens with one attached hydrogen (secondary N) is 1. The van der Waals surface area contributed by atoms with E-state index in [9.17, 15) is 4.79 Å². The third kappa shape index (κ3) is 1.71. The Kier molecular flexibility index (Phi) is 2.15. The summed E-state index contributed by atoms with van der Waals surface area (Å²) in [6, 6.07) is 0.341. The van der Waals surface area contributed by atoms with Crippen LogP contribution in [0.5, 0.6) is 0 Å². The van der Waals surface area contributed by atoms with E-state index in [1.54, 1.807) is 10.9 Å². The molecule has 0 bridgehead atoms. The average molecular weight is 194 g/mol. The van der Waals surface area contributed by atoms with Gasteiger partial charge in [0, 0.05) is 18.8 Å². The van der Waals surface area contributed by atoms with E-state index in [2.05, 4.69) is 10.4 Å². The first kappa shape index (κ1) is 9.05. The minimum absolute atomic E-state index is 0.155. The van der Waals surface area contributed by atoms with Gasteiger partial charge in [0.05, 0.1) is 5.69 Å². The number of carbonyl (C=O) groups is 1. The summed E-state index contributed by atoms with van der Waals surface area (Å²) in [5, 5.41) is 6.94. The molecule has 5 heteroatoms. The number of aryl methyl sites for hydroxylation is 1. The predicted molar refractivity (Wildman–Crippen MR) is 52.8 cm³/mol. The normalized spacial score (nSPS) is 15.5. The third-order valence-corrected chi connectivity index (χ3v) is 2.24. The second kappa shape index (κ2) is 3.32. The molecule has 0 spiro atoms. The molecule has 3 N–H and O–H groups in total. The van der Waals surface area contributed by atoms with Crippen molar-refractivity contribution in [2.24, 2.45) is 0 Å². The van der Waals surface area contributed by atoms with E-state index < -0.39 is 0 Å². The number of hydrogen-bond acceptors (Lipinski definition) is 3. The Labute approximate surface area is 82.3 Å². The molecule has 1 aliphatic rings. The highest BCUT2D eigenvalue weighted by Gasteiger charge is 2.25. The first-order chi connectivity index (χ1) is 6.70. The van der Waals surface area contributed by atoms with Gasteiger partial charge in [0.15, 0.2) is 5.69 Å². The van der Waals surface area contributed by atoms with Gasteiger partial charge in [-0.3, -0.25) is 9.48 Å². The number of nitrogens with zero attached hydrogens (tertiary/aromatic N) is 2. The number of amides is 1. The van der Waals surface area contributed by atoms with Crippen LogP contribution in [0.4, 0.5) is 5.69 Å². The van der Waals surface area contributed by atoms with Gasteiger partial charge >= 0.3 is 0 Å². The first-order valence-corrected chi connectivity index (χ1v) is 4.84. The summed E-state index contributed by atoms with van der Waals surface area (Å²) >= 11 is 0. The molecule has 1 heterocycles. The summed E-state index contributed by atoms with van der Waals surface area (Å²) < 4.78 is 1.66. The van der Waals surface area contributed by atoms with Crippen molar-refractivity contribution in [2.75, 3.05) is 5.73 Å². The quantitative estimate of drug-likeness (QED) is 0.730. The molecule has 14 heavy (non-hydrogen) atoms. The van der Waals surface area contributed by atoms with Gasteiger partial charge in [-0.05, 0) is 19.8 Å². The Balaban J connectivity index is 2.12. The van der Waals surface area contributed by atoms with E-state index in [4.69, 9.17) is 5.73 Å². The lowest BCUT2D eigenvalue weighted by molar-refractivity contribution is 0.0946. The smallest absolute Gasteiger partial charge is 0.274 e. The monoisotopic (exact) mass is 194 g/mol. The highest BCUT2D eigenvalue weighted by Crippen LogP contribution is 2.20. The van der Waals surface area contributed by atoms with Gasteiger partial charge < -0.3 is 11.1 Å². The zero-order valence-electron chi connectivity index (χ0n) is 8.16. The van der Waals surface area contributed by atoms with Crippen LogP contribution in [0.1, 0.15) is 30.3 Å². The number of nitrogen functional groups attached to an aromatic ring is 1. The fourth-order valence-electron chi connectivity index (χ4n) is 1.26. The molecule has 0 aliphatic heterocycles. The standard InChI is InChI=1S/C9H14N4O/c1-2-13-5-7(10)8(12-13)9(14)11-6-3-4-6/h5-6H,2-4,10H2,1H3,(H,11,14). The molecule has 0 saturated heterocycles. The Hall–Kier alpha value is -1.52. The molecule has 1 fully saturated rings. The highest BCUT2D eigenvalue weighted by molar-refractivity contribution is 5.97. The molecule has 1 aliphatic carbocycles. The maximum absolute atomic E-state index is 11.6. The largest absolute Gasteiger partial charge is 0.396 e. The third-order valence-electron chi connectivity index (χ3n) is 2.24. The van der Waals surface area contributed by atoms with E-state index in [-0.39, 0.29) is 5.91 Å². The maximum atomic E-state index is 11.6. The van der Waals surface area contributed by atoms with Gasteiger partial charge in [0.2, 0.25) is 0 Å². The zero-order chi connectivity index (χ0) is 10.1. The molecular weight excluding hydrogens is 180 g/mol. The van der Waals surface area contributed by atoms with Crippen molar-refractivity contribution in [3.63, 3.8) is 0 Å². The molecule has 1 aromatic heterocycles. The minimum atomic E-state index is -0.155. The fraction of sp³-hybridized carbons (Fsp3) is 0.556. The van der Waals surface area contributed by atoms with Crippen LogP contribution in [0.2, 0.25) is 0 Å². The van der Waals surface area contributed by atoms with Crippen LogP contribution in [0, 0.1) is 0 Å². The fourth-order valence-corrected chi connectivity index (χ4v) is 1.26. The van der Waals surface area contributed by atoms with Crippen molar-refractivity contribution >= 4 is 11.6 Å². The second-order valence-electron chi connectivity index (χ2n) is 3.54. The van der Waals surface area contributed by atoms with Gasteiger partial charge in [-0.1, -0.05) is 0 Å². The van der Waals surface area contributed by atoms with E-state index in [1.165, 1.54) is 0 Å². The lowest BCUT2D eigenvalue weighted by Crippen LogP contribution is -2.26. The molecule has 1 amide bonds. The summed E-state index contributed by atoms with van der Waals surface area (Å²) in [7, 11) is 0. The molecule has 1 aromatic rings. The maximum Gasteiger partial charge on any atom is 0.274 e. The lowest BCUT2D eigenvalue weighted by Gasteiger charge is -1.99. The number of hydrogen-bond donors (Lipinski definition) is 2. The number of anilines is 1. The Morgan fingerprint density at radius 3 is 3.00 bits per heavy atom. The van der Waals surface area contributed by atoms with Gasteiger partial charge in [-0.2, -0.15) is 5.10 Å². The van der Waals surface area contributed by atoms with E-state index >= 15 is 0 Å².